The Morgan fingerprint density at radius 2 is 1.89 bits per heavy atom. The first-order chi connectivity index (χ1) is 16.6. The molecule has 4 atom stereocenters. The van der Waals surface area contributed by atoms with Crippen molar-refractivity contribution in [2.75, 3.05) is 13.8 Å². The first-order valence-electron chi connectivity index (χ1n) is 11.0. The highest BCUT2D eigenvalue weighted by atomic mass is 31.2. The Labute approximate surface area is 202 Å². The third-order valence-corrected chi connectivity index (χ3v) is 6.35. The quantitative estimate of drug-likeness (QED) is 0.361. The van der Waals surface area contributed by atoms with Gasteiger partial charge in [-0.25, -0.2) is 9.36 Å². The maximum Gasteiger partial charge on any atom is 0.459 e. The number of hydrogen-bond donors (Lipinski definition) is 2. The summed E-state index contributed by atoms with van der Waals surface area (Å²) >= 11 is 0. The number of rotatable bonds is 10. The molecule has 0 saturated carbocycles. The lowest BCUT2D eigenvalue weighted by Crippen LogP contribution is -2.36. The van der Waals surface area contributed by atoms with Crippen LogP contribution in [0.15, 0.2) is 52.2 Å². The van der Waals surface area contributed by atoms with Crippen LogP contribution in [0.25, 0.3) is 0 Å². The van der Waals surface area contributed by atoms with Crippen LogP contribution < -0.4 is 20.9 Å². The zero-order chi connectivity index (χ0) is 26.0. The Kier molecular flexibility index (Phi) is 10.8. The highest BCUT2D eigenvalue weighted by Crippen LogP contribution is 2.45. The number of carbonyl (C=O) groups excluding carboxylic acids is 1. The number of aromatic nitrogens is 2. The van der Waals surface area contributed by atoms with E-state index in [0.29, 0.717) is 25.8 Å². The predicted octanol–water partition coefficient (Wildman–Crippen LogP) is 2.93. The van der Waals surface area contributed by atoms with Gasteiger partial charge in [0.1, 0.15) is 18.0 Å². The minimum Gasteiger partial charge on any atom is -0.462 e. The van der Waals surface area contributed by atoms with Gasteiger partial charge in [-0.15, -0.1) is 0 Å². The van der Waals surface area contributed by atoms with E-state index in [1.54, 1.807) is 44.2 Å². The van der Waals surface area contributed by atoms with Crippen LogP contribution in [0, 0.1) is 0 Å². The molecule has 0 amide bonds. The second kappa shape index (κ2) is 13.3. The number of halogens is 1. The average Bonchev–Trinajstić information content (AvgIpc) is 3.28. The Morgan fingerprint density at radius 3 is 2.51 bits per heavy atom. The molecule has 1 saturated heterocycles. The van der Waals surface area contributed by atoms with E-state index in [9.17, 15) is 23.3 Å². The molecule has 0 radical (unpaired) electrons. The van der Waals surface area contributed by atoms with Crippen molar-refractivity contribution in [2.24, 2.45) is 0 Å². The Balaban J connectivity index is 0.00000210. The number of nitrogens with one attached hydrogen (secondary N) is 2. The summed E-state index contributed by atoms with van der Waals surface area (Å²) in [6.07, 6.45) is 0.965. The van der Waals surface area contributed by atoms with Crippen LogP contribution in [0.1, 0.15) is 39.8 Å². The number of esters is 1. The molecule has 11 nitrogen and oxygen atoms in total. The van der Waals surface area contributed by atoms with Gasteiger partial charge < -0.3 is 14.0 Å². The molecule has 35 heavy (non-hydrogen) atoms. The third-order valence-electron chi connectivity index (χ3n) is 4.70. The van der Waals surface area contributed by atoms with Gasteiger partial charge in [0.05, 0.1) is 26.0 Å². The largest absolute Gasteiger partial charge is 0.462 e. The fraction of sp³-hybridized carbons (Fsp3) is 0.500. The van der Waals surface area contributed by atoms with Crippen LogP contribution in [-0.2, 0) is 23.4 Å². The summed E-state index contributed by atoms with van der Waals surface area (Å²) in [7, 11) is -3.50. The van der Waals surface area contributed by atoms with E-state index in [4.69, 9.17) is 18.5 Å². The van der Waals surface area contributed by atoms with Crippen LogP contribution in [0.3, 0.4) is 0 Å². The maximum absolute atomic E-state index is 13.5. The summed E-state index contributed by atoms with van der Waals surface area (Å²) in [4.78, 5) is 37.6. The molecular formula is C22H31FN3O8P. The monoisotopic (exact) mass is 515 g/mol. The van der Waals surface area contributed by atoms with Gasteiger partial charge in [-0.3, -0.25) is 28.1 Å². The van der Waals surface area contributed by atoms with Crippen LogP contribution in [0.2, 0.25) is 0 Å². The van der Waals surface area contributed by atoms with Gasteiger partial charge in [0.25, 0.3) is 5.56 Å². The number of H-pyrrole nitrogens is 1. The second-order valence-electron chi connectivity index (χ2n) is 7.84. The van der Waals surface area contributed by atoms with Crippen LogP contribution in [0.5, 0.6) is 5.75 Å². The number of para-hydroxylation sites is 1. The summed E-state index contributed by atoms with van der Waals surface area (Å²) in [6, 6.07) is 8.70. The van der Waals surface area contributed by atoms with Crippen molar-refractivity contribution >= 4 is 13.7 Å². The highest BCUT2D eigenvalue weighted by Gasteiger charge is 2.35. The average molecular weight is 515 g/mol. The summed E-state index contributed by atoms with van der Waals surface area (Å²) < 4.78 is 46.5. The Bertz CT molecular complexity index is 1110. The van der Waals surface area contributed by atoms with E-state index in [2.05, 4.69) is 10.1 Å². The van der Waals surface area contributed by atoms with Crippen molar-refractivity contribution in [1.82, 2.24) is 14.6 Å². The SMILES string of the molecule is CC(C)OC(=O)[C@H](C)NP(=O)(OCC1CCC(n2ccc(=O)[nH]c2=O)O1)Oc1ccccc1.CF. The van der Waals surface area contributed by atoms with Crippen molar-refractivity contribution in [3.8, 4) is 5.75 Å². The van der Waals surface area contributed by atoms with Crippen molar-refractivity contribution < 1.29 is 32.3 Å². The molecule has 1 aliphatic heterocycles. The molecule has 13 heteroatoms. The smallest absolute Gasteiger partial charge is 0.459 e. The molecule has 1 aliphatic rings. The number of alkyl halides is 1. The third kappa shape index (κ3) is 8.74. The molecule has 3 rings (SSSR count). The number of aromatic amines is 1. The Morgan fingerprint density at radius 1 is 1.20 bits per heavy atom. The van der Waals surface area contributed by atoms with Crippen molar-refractivity contribution in [2.45, 2.75) is 58.1 Å². The first kappa shape index (κ1) is 28.4. The molecule has 1 aromatic heterocycles. The first-order valence-corrected chi connectivity index (χ1v) is 12.5. The summed E-state index contributed by atoms with van der Waals surface area (Å²) in [5.41, 5.74) is -1.07. The number of ether oxygens (including phenoxy) is 2. The number of nitrogens with zero attached hydrogens (tertiary/aromatic N) is 1. The molecule has 2 heterocycles. The fourth-order valence-corrected chi connectivity index (χ4v) is 4.71. The van der Waals surface area contributed by atoms with Gasteiger partial charge in [-0.1, -0.05) is 18.2 Å². The molecule has 0 spiro atoms. The van der Waals surface area contributed by atoms with Gasteiger partial charge in [0, 0.05) is 12.3 Å². The molecule has 1 fully saturated rings. The minimum absolute atomic E-state index is 0.113. The van der Waals surface area contributed by atoms with E-state index in [-0.39, 0.29) is 12.7 Å². The van der Waals surface area contributed by atoms with Crippen LogP contribution in [0.4, 0.5) is 4.39 Å². The molecule has 2 aromatic rings. The fourth-order valence-electron chi connectivity index (χ4n) is 3.18. The van der Waals surface area contributed by atoms with Gasteiger partial charge in [0.15, 0.2) is 0 Å². The van der Waals surface area contributed by atoms with E-state index < -0.39 is 43.3 Å². The lowest BCUT2D eigenvalue weighted by Gasteiger charge is -2.24. The summed E-state index contributed by atoms with van der Waals surface area (Å²) in [6.45, 7) is 4.81. The predicted molar refractivity (Wildman–Crippen MR) is 126 cm³/mol. The highest BCUT2D eigenvalue weighted by molar-refractivity contribution is 7.52. The normalized spacial score (nSPS) is 19.8. The van der Waals surface area contributed by atoms with Gasteiger partial charge in [0.2, 0.25) is 0 Å². The topological polar surface area (TPSA) is 138 Å². The number of hydrogen-bond acceptors (Lipinski definition) is 8. The minimum atomic E-state index is -4.00. The van der Waals surface area contributed by atoms with E-state index in [1.807, 2.05) is 0 Å². The molecule has 0 aliphatic carbocycles. The van der Waals surface area contributed by atoms with Crippen molar-refractivity contribution in [3.05, 3.63) is 63.4 Å². The molecular weight excluding hydrogens is 484 g/mol. The van der Waals surface area contributed by atoms with E-state index in [1.165, 1.54) is 23.8 Å². The lowest BCUT2D eigenvalue weighted by molar-refractivity contribution is -0.149. The zero-order valence-corrected chi connectivity index (χ0v) is 20.9. The van der Waals surface area contributed by atoms with E-state index in [0.717, 1.165) is 0 Å². The lowest BCUT2D eigenvalue weighted by atomic mass is 10.2. The molecule has 2 N–H and O–H groups in total. The summed E-state index contributed by atoms with van der Waals surface area (Å²) in [5, 5.41) is 2.62. The van der Waals surface area contributed by atoms with E-state index >= 15 is 0 Å². The maximum atomic E-state index is 13.5. The standard InChI is InChI=1S/C21H28N3O8P.CH3F/c1-14(2)30-20(26)15(3)23-33(28,32-16-7-5-4-6-8-16)29-13-17-9-10-19(31-17)24-12-11-18(25)22-21(24)27;1-2/h4-8,11-12,14-15,17,19H,9-10,13H2,1-3H3,(H,23,28)(H,22,25,27);1H3/t15-,17?,19?,33?;/m0./s1. The van der Waals surface area contributed by atoms with Crippen LogP contribution >= 0.6 is 7.75 Å². The molecule has 1 aromatic carbocycles. The van der Waals surface area contributed by atoms with Gasteiger partial charge >= 0.3 is 19.4 Å². The number of carbonyl (C=O) groups is 1. The van der Waals surface area contributed by atoms with Gasteiger partial charge in [-0.05, 0) is 45.7 Å². The van der Waals surface area contributed by atoms with Crippen molar-refractivity contribution in [1.29, 1.82) is 0 Å². The molecule has 194 valence electrons. The van der Waals surface area contributed by atoms with Crippen LogP contribution in [-0.4, -0.2) is 47.6 Å². The second-order valence-corrected chi connectivity index (χ2v) is 9.54. The summed E-state index contributed by atoms with van der Waals surface area (Å²) in [5.74, 6) is -0.303. The Hall–Kier alpha value is -2.79. The molecule has 3 unspecified atom stereocenters. The molecule has 0 bridgehead atoms. The van der Waals surface area contributed by atoms with Crippen molar-refractivity contribution in [3.63, 3.8) is 0 Å². The van der Waals surface area contributed by atoms with Gasteiger partial charge in [-0.2, -0.15) is 5.09 Å². The number of benzene rings is 1. The zero-order valence-electron chi connectivity index (χ0n) is 20.0.